The first-order valence-corrected chi connectivity index (χ1v) is 9.82. The van der Waals surface area contributed by atoms with Crippen molar-refractivity contribution in [2.45, 2.75) is 19.3 Å². The summed E-state index contributed by atoms with van der Waals surface area (Å²) in [6.07, 6.45) is 2.10. The Balaban J connectivity index is 1.53. The molecule has 0 radical (unpaired) electrons. The van der Waals surface area contributed by atoms with E-state index in [1.54, 1.807) is 4.90 Å². The molecule has 2 saturated heterocycles. The van der Waals surface area contributed by atoms with E-state index in [0.717, 1.165) is 18.4 Å². The number of amides is 1. The van der Waals surface area contributed by atoms with Crippen LogP contribution in [0.2, 0.25) is 0 Å². The zero-order valence-electron chi connectivity index (χ0n) is 15.8. The molecule has 2 aromatic carbocycles. The number of hydrogen-bond donors (Lipinski definition) is 1. The molecule has 0 aliphatic carbocycles. The number of carbonyl (C=O) groups excluding carboxylic acids is 1. The fourth-order valence-electron chi connectivity index (χ4n) is 4.50. The number of fused-ring (bicyclic) bond motifs is 1. The smallest absolute Gasteiger partial charge is 0.311 e. The highest BCUT2D eigenvalue weighted by Gasteiger charge is 2.55. The SMILES string of the molecule is O=C(c1ccccc1CCc1ccccc1)N1C[C@H]2COCC[C@@]2(C(=O)O)C1. The van der Waals surface area contributed by atoms with Gasteiger partial charge in [-0.3, -0.25) is 9.59 Å². The molecule has 2 atom stereocenters. The highest BCUT2D eigenvalue weighted by Crippen LogP contribution is 2.43. The van der Waals surface area contributed by atoms with Crippen molar-refractivity contribution < 1.29 is 19.4 Å². The van der Waals surface area contributed by atoms with Gasteiger partial charge in [0.05, 0.1) is 12.0 Å². The molecule has 4 rings (SSSR count). The minimum Gasteiger partial charge on any atom is -0.481 e. The molecule has 0 bridgehead atoms. The third-order valence-corrected chi connectivity index (χ3v) is 6.19. The average molecular weight is 379 g/mol. The van der Waals surface area contributed by atoms with Crippen LogP contribution < -0.4 is 0 Å². The van der Waals surface area contributed by atoms with Crippen LogP contribution >= 0.6 is 0 Å². The van der Waals surface area contributed by atoms with E-state index in [1.807, 2.05) is 42.5 Å². The number of carbonyl (C=O) groups is 2. The van der Waals surface area contributed by atoms with Gasteiger partial charge in [0.15, 0.2) is 0 Å². The molecular formula is C23H25NO4. The molecule has 2 fully saturated rings. The van der Waals surface area contributed by atoms with E-state index >= 15 is 0 Å². The van der Waals surface area contributed by atoms with Crippen LogP contribution in [0.4, 0.5) is 0 Å². The molecule has 28 heavy (non-hydrogen) atoms. The number of nitrogens with zero attached hydrogens (tertiary/aromatic N) is 1. The van der Waals surface area contributed by atoms with E-state index < -0.39 is 11.4 Å². The lowest BCUT2D eigenvalue weighted by Crippen LogP contribution is -2.45. The summed E-state index contributed by atoms with van der Waals surface area (Å²) in [5.74, 6) is -1.02. The van der Waals surface area contributed by atoms with Crippen LogP contribution in [-0.2, 0) is 22.4 Å². The van der Waals surface area contributed by atoms with E-state index in [9.17, 15) is 14.7 Å². The minimum atomic E-state index is -0.868. The van der Waals surface area contributed by atoms with Crippen LogP contribution in [0, 0.1) is 11.3 Å². The Morgan fingerprint density at radius 1 is 1.07 bits per heavy atom. The van der Waals surface area contributed by atoms with E-state index in [2.05, 4.69) is 12.1 Å². The molecular weight excluding hydrogens is 354 g/mol. The van der Waals surface area contributed by atoms with Gasteiger partial charge in [0.25, 0.3) is 5.91 Å². The Labute approximate surface area is 164 Å². The maximum Gasteiger partial charge on any atom is 0.311 e. The normalized spacial score (nSPS) is 24.0. The topological polar surface area (TPSA) is 66.8 Å². The Kier molecular flexibility index (Phi) is 5.18. The molecule has 5 heteroatoms. The molecule has 1 N–H and O–H groups in total. The van der Waals surface area contributed by atoms with Crippen LogP contribution in [0.3, 0.4) is 0 Å². The highest BCUT2D eigenvalue weighted by molar-refractivity contribution is 5.96. The Hall–Kier alpha value is -2.66. The van der Waals surface area contributed by atoms with Crippen LogP contribution in [0.1, 0.15) is 27.9 Å². The summed E-state index contributed by atoms with van der Waals surface area (Å²) in [7, 11) is 0. The number of hydrogen-bond acceptors (Lipinski definition) is 3. The van der Waals surface area contributed by atoms with Gasteiger partial charge in [0.1, 0.15) is 0 Å². The van der Waals surface area contributed by atoms with Crippen molar-refractivity contribution in [1.82, 2.24) is 4.90 Å². The number of likely N-dealkylation sites (tertiary alicyclic amines) is 1. The molecule has 0 unspecified atom stereocenters. The van der Waals surface area contributed by atoms with Gasteiger partial charge in [-0.05, 0) is 36.5 Å². The Bertz CT molecular complexity index is 866. The highest BCUT2D eigenvalue weighted by atomic mass is 16.5. The van der Waals surface area contributed by atoms with Gasteiger partial charge in [-0.1, -0.05) is 48.5 Å². The van der Waals surface area contributed by atoms with Gasteiger partial charge >= 0.3 is 5.97 Å². The van der Waals surface area contributed by atoms with Gasteiger partial charge in [-0.25, -0.2) is 0 Å². The fourth-order valence-corrected chi connectivity index (χ4v) is 4.50. The van der Waals surface area contributed by atoms with Gasteiger partial charge in [0.2, 0.25) is 0 Å². The monoisotopic (exact) mass is 379 g/mol. The quantitative estimate of drug-likeness (QED) is 0.867. The molecule has 0 spiro atoms. The number of aliphatic carboxylic acids is 1. The van der Waals surface area contributed by atoms with Crippen molar-refractivity contribution in [2.24, 2.45) is 11.3 Å². The van der Waals surface area contributed by atoms with E-state index in [0.29, 0.717) is 31.7 Å². The third kappa shape index (κ3) is 3.42. The lowest BCUT2D eigenvalue weighted by Gasteiger charge is -2.33. The first-order valence-electron chi connectivity index (χ1n) is 9.82. The largest absolute Gasteiger partial charge is 0.481 e. The number of aryl methyl sites for hydroxylation is 2. The molecule has 2 heterocycles. The number of carboxylic acids is 1. The minimum absolute atomic E-state index is 0.0707. The molecule has 2 aliphatic rings. The molecule has 0 aromatic heterocycles. The number of rotatable bonds is 5. The summed E-state index contributed by atoms with van der Waals surface area (Å²) < 4.78 is 5.50. The molecule has 1 amide bonds. The van der Waals surface area contributed by atoms with Crippen LogP contribution in [0.15, 0.2) is 54.6 Å². The second kappa shape index (κ2) is 7.76. The van der Waals surface area contributed by atoms with Crippen LogP contribution in [0.25, 0.3) is 0 Å². The van der Waals surface area contributed by atoms with E-state index in [-0.39, 0.29) is 18.4 Å². The molecule has 2 aromatic rings. The third-order valence-electron chi connectivity index (χ3n) is 6.19. The molecule has 146 valence electrons. The summed E-state index contributed by atoms with van der Waals surface area (Å²) in [6, 6.07) is 17.9. The number of carboxylic acid groups (broad SMARTS) is 1. The predicted octanol–water partition coefficient (Wildman–Crippen LogP) is 3.04. The second-order valence-corrected chi connectivity index (χ2v) is 7.81. The zero-order valence-corrected chi connectivity index (χ0v) is 15.8. The fraction of sp³-hybridized carbons (Fsp3) is 0.391. The summed E-state index contributed by atoms with van der Waals surface area (Å²) in [5.41, 5.74) is 2.05. The van der Waals surface area contributed by atoms with Crippen molar-refractivity contribution in [1.29, 1.82) is 0 Å². The lowest BCUT2D eigenvalue weighted by atomic mass is 9.74. The van der Waals surface area contributed by atoms with E-state index in [1.165, 1.54) is 5.56 Å². The Morgan fingerprint density at radius 2 is 1.82 bits per heavy atom. The first kappa shape index (κ1) is 18.7. The second-order valence-electron chi connectivity index (χ2n) is 7.81. The predicted molar refractivity (Wildman–Crippen MR) is 105 cm³/mol. The summed E-state index contributed by atoms with van der Waals surface area (Å²) >= 11 is 0. The average Bonchev–Trinajstić information content (AvgIpc) is 3.14. The summed E-state index contributed by atoms with van der Waals surface area (Å²) in [5, 5.41) is 9.84. The maximum absolute atomic E-state index is 13.3. The van der Waals surface area contributed by atoms with Crippen LogP contribution in [-0.4, -0.2) is 48.2 Å². The van der Waals surface area contributed by atoms with E-state index in [4.69, 9.17) is 4.74 Å². The van der Waals surface area contributed by atoms with Crippen molar-refractivity contribution in [3.05, 3.63) is 71.3 Å². The number of ether oxygens (including phenoxy) is 1. The zero-order chi connectivity index (χ0) is 19.6. The standard InChI is InChI=1S/C23H25NO4/c25-21(24-14-19-15-28-13-12-23(19,16-24)22(26)27)20-9-5-4-8-18(20)11-10-17-6-2-1-3-7-17/h1-9,19H,10-16H2,(H,26,27)/t19-,23+/m0/s1. The van der Waals surface area contributed by atoms with Crippen molar-refractivity contribution in [3.63, 3.8) is 0 Å². The Morgan fingerprint density at radius 3 is 2.57 bits per heavy atom. The molecule has 5 nitrogen and oxygen atoms in total. The van der Waals surface area contributed by atoms with Crippen molar-refractivity contribution in [2.75, 3.05) is 26.3 Å². The van der Waals surface area contributed by atoms with Crippen LogP contribution in [0.5, 0.6) is 0 Å². The van der Waals surface area contributed by atoms with Crippen molar-refractivity contribution in [3.8, 4) is 0 Å². The van der Waals surface area contributed by atoms with Gasteiger partial charge < -0.3 is 14.7 Å². The summed E-state index contributed by atoms with van der Waals surface area (Å²) in [4.78, 5) is 27.0. The molecule has 0 saturated carbocycles. The maximum atomic E-state index is 13.3. The van der Waals surface area contributed by atoms with Crippen molar-refractivity contribution >= 4 is 11.9 Å². The lowest BCUT2D eigenvalue weighted by molar-refractivity contribution is -0.157. The van der Waals surface area contributed by atoms with Gasteiger partial charge in [-0.2, -0.15) is 0 Å². The molecule has 2 aliphatic heterocycles. The summed E-state index contributed by atoms with van der Waals surface area (Å²) in [6.45, 7) is 1.56. The first-order chi connectivity index (χ1) is 13.6. The van der Waals surface area contributed by atoms with Gasteiger partial charge in [0, 0.05) is 31.2 Å². The number of benzene rings is 2. The van der Waals surface area contributed by atoms with Gasteiger partial charge in [-0.15, -0.1) is 0 Å².